The number of benzene rings is 2. The summed E-state index contributed by atoms with van der Waals surface area (Å²) in [5, 5.41) is 9.16. The molecule has 0 spiro atoms. The number of rotatable bonds is 4. The van der Waals surface area contributed by atoms with Crippen molar-refractivity contribution in [3.8, 4) is 5.75 Å². The molecule has 19 heavy (non-hydrogen) atoms. The predicted molar refractivity (Wildman–Crippen MR) is 71.4 cm³/mol. The Morgan fingerprint density at radius 3 is 2.53 bits per heavy atom. The molecule has 2 aromatic rings. The molecule has 0 aromatic heterocycles. The minimum atomic E-state index is -3.88. The van der Waals surface area contributed by atoms with Gasteiger partial charge in [-0.15, -0.1) is 0 Å². The lowest BCUT2D eigenvalue weighted by atomic mass is 10.2. The Morgan fingerprint density at radius 1 is 1.11 bits per heavy atom. The number of aliphatic hydroxyl groups excluding tert-OH is 1. The van der Waals surface area contributed by atoms with Crippen molar-refractivity contribution in [1.82, 2.24) is 0 Å². The van der Waals surface area contributed by atoms with Crippen LogP contribution >= 0.6 is 0 Å². The lowest BCUT2D eigenvalue weighted by molar-refractivity contribution is 0.278. The van der Waals surface area contributed by atoms with E-state index in [1.165, 1.54) is 18.2 Å². The molecule has 2 aromatic carbocycles. The van der Waals surface area contributed by atoms with Crippen LogP contribution in [0, 0.1) is 6.92 Å². The maximum Gasteiger partial charge on any atom is 0.339 e. The molecule has 100 valence electrons. The minimum absolute atomic E-state index is 0.0974. The van der Waals surface area contributed by atoms with Gasteiger partial charge in [0, 0.05) is 5.56 Å². The SMILES string of the molecule is Cc1cccc(S(=O)(=O)Oc2ccccc2CO)c1. The number of aliphatic hydroxyl groups is 1. The molecule has 2 rings (SSSR count). The molecule has 0 unspecified atom stereocenters. The summed E-state index contributed by atoms with van der Waals surface area (Å²) in [6.45, 7) is 1.53. The number of hydrogen-bond donors (Lipinski definition) is 1. The highest BCUT2D eigenvalue weighted by atomic mass is 32.2. The van der Waals surface area contributed by atoms with Crippen molar-refractivity contribution in [2.24, 2.45) is 0 Å². The van der Waals surface area contributed by atoms with Crippen molar-refractivity contribution in [3.05, 3.63) is 59.7 Å². The molecule has 0 aliphatic heterocycles. The van der Waals surface area contributed by atoms with Crippen LogP contribution in [-0.4, -0.2) is 13.5 Å². The third-order valence-corrected chi connectivity index (χ3v) is 3.85. The average molecular weight is 278 g/mol. The van der Waals surface area contributed by atoms with Crippen molar-refractivity contribution < 1.29 is 17.7 Å². The highest BCUT2D eigenvalue weighted by Gasteiger charge is 2.18. The standard InChI is InChI=1S/C14H14O4S/c1-11-5-4-7-13(9-11)19(16,17)18-14-8-3-2-6-12(14)10-15/h2-9,15H,10H2,1H3. The van der Waals surface area contributed by atoms with Crippen LogP contribution in [0.1, 0.15) is 11.1 Å². The van der Waals surface area contributed by atoms with Gasteiger partial charge in [0.05, 0.1) is 6.61 Å². The van der Waals surface area contributed by atoms with Gasteiger partial charge in [-0.2, -0.15) is 8.42 Å². The van der Waals surface area contributed by atoms with Gasteiger partial charge in [0.2, 0.25) is 0 Å². The molecule has 0 saturated carbocycles. The number of aryl methyl sites for hydroxylation is 1. The van der Waals surface area contributed by atoms with Crippen molar-refractivity contribution in [2.75, 3.05) is 0 Å². The largest absolute Gasteiger partial charge is 0.392 e. The van der Waals surface area contributed by atoms with E-state index in [2.05, 4.69) is 0 Å². The van der Waals surface area contributed by atoms with E-state index < -0.39 is 10.1 Å². The molecule has 0 radical (unpaired) electrons. The summed E-state index contributed by atoms with van der Waals surface area (Å²) < 4.78 is 29.3. The maximum absolute atomic E-state index is 12.1. The second kappa shape index (κ2) is 5.42. The summed E-state index contributed by atoms with van der Waals surface area (Å²) in [7, 11) is -3.88. The maximum atomic E-state index is 12.1. The summed E-state index contributed by atoms with van der Waals surface area (Å²) in [6, 6.07) is 13.0. The Hall–Kier alpha value is -1.85. The molecule has 0 saturated heterocycles. The quantitative estimate of drug-likeness (QED) is 0.871. The van der Waals surface area contributed by atoms with Crippen LogP contribution in [0.3, 0.4) is 0 Å². The van der Waals surface area contributed by atoms with Crippen molar-refractivity contribution in [1.29, 1.82) is 0 Å². The molecule has 0 aliphatic rings. The topological polar surface area (TPSA) is 63.6 Å². The molecule has 0 fully saturated rings. The number of hydrogen-bond acceptors (Lipinski definition) is 4. The predicted octanol–water partition coefficient (Wildman–Crippen LogP) is 2.26. The summed E-state index contributed by atoms with van der Waals surface area (Å²) in [5.41, 5.74) is 1.26. The molecule has 1 N–H and O–H groups in total. The van der Waals surface area contributed by atoms with E-state index in [9.17, 15) is 8.42 Å². The molecule has 0 aliphatic carbocycles. The third kappa shape index (κ3) is 3.13. The monoisotopic (exact) mass is 278 g/mol. The fraction of sp³-hybridized carbons (Fsp3) is 0.143. The normalized spacial score (nSPS) is 11.3. The van der Waals surface area contributed by atoms with Gasteiger partial charge < -0.3 is 9.29 Å². The second-order valence-electron chi connectivity index (χ2n) is 4.12. The van der Waals surface area contributed by atoms with Crippen LogP contribution < -0.4 is 4.18 Å². The Bertz CT molecular complexity index is 677. The summed E-state index contributed by atoms with van der Waals surface area (Å²) >= 11 is 0. The van der Waals surface area contributed by atoms with Gasteiger partial charge >= 0.3 is 10.1 Å². The van der Waals surface area contributed by atoms with E-state index in [4.69, 9.17) is 9.29 Å². The van der Waals surface area contributed by atoms with Gasteiger partial charge in [-0.05, 0) is 30.7 Å². The van der Waals surface area contributed by atoms with Crippen molar-refractivity contribution >= 4 is 10.1 Å². The average Bonchev–Trinajstić information content (AvgIpc) is 2.39. The second-order valence-corrected chi connectivity index (χ2v) is 5.67. The van der Waals surface area contributed by atoms with E-state index in [1.54, 1.807) is 37.3 Å². The van der Waals surface area contributed by atoms with Crippen LogP contribution in [0.5, 0.6) is 5.75 Å². The first kappa shape index (κ1) is 13.6. The Balaban J connectivity index is 2.37. The van der Waals surface area contributed by atoms with E-state index >= 15 is 0 Å². The van der Waals surface area contributed by atoms with Gasteiger partial charge in [0.25, 0.3) is 0 Å². The first-order valence-electron chi connectivity index (χ1n) is 5.73. The van der Waals surface area contributed by atoms with Crippen LogP contribution in [0.4, 0.5) is 0 Å². The lowest BCUT2D eigenvalue weighted by Gasteiger charge is -2.10. The lowest BCUT2D eigenvalue weighted by Crippen LogP contribution is -2.11. The van der Waals surface area contributed by atoms with Gasteiger partial charge in [0.15, 0.2) is 0 Å². The van der Waals surface area contributed by atoms with E-state index in [0.717, 1.165) is 5.56 Å². The third-order valence-electron chi connectivity index (χ3n) is 2.62. The van der Waals surface area contributed by atoms with Crippen LogP contribution in [-0.2, 0) is 16.7 Å². The minimum Gasteiger partial charge on any atom is -0.392 e. The molecule has 5 heteroatoms. The molecule has 0 bridgehead atoms. The summed E-state index contributed by atoms with van der Waals surface area (Å²) in [4.78, 5) is 0.0974. The van der Waals surface area contributed by atoms with E-state index in [0.29, 0.717) is 5.56 Å². The van der Waals surface area contributed by atoms with Gasteiger partial charge in [-0.3, -0.25) is 0 Å². The van der Waals surface area contributed by atoms with Crippen molar-refractivity contribution in [3.63, 3.8) is 0 Å². The van der Waals surface area contributed by atoms with Crippen LogP contribution in [0.15, 0.2) is 53.4 Å². The number of para-hydroxylation sites is 1. The zero-order chi connectivity index (χ0) is 13.9. The van der Waals surface area contributed by atoms with E-state index in [-0.39, 0.29) is 17.3 Å². The Labute approximate surface area is 112 Å². The van der Waals surface area contributed by atoms with Crippen LogP contribution in [0.2, 0.25) is 0 Å². The first-order valence-corrected chi connectivity index (χ1v) is 7.13. The first-order chi connectivity index (χ1) is 9.03. The Kier molecular flexibility index (Phi) is 3.87. The van der Waals surface area contributed by atoms with Gasteiger partial charge in [-0.1, -0.05) is 30.3 Å². The van der Waals surface area contributed by atoms with Gasteiger partial charge in [0.1, 0.15) is 10.6 Å². The molecule has 4 nitrogen and oxygen atoms in total. The molecule has 0 amide bonds. The molecular formula is C14H14O4S. The van der Waals surface area contributed by atoms with E-state index in [1.807, 2.05) is 0 Å². The van der Waals surface area contributed by atoms with Crippen LogP contribution in [0.25, 0.3) is 0 Å². The zero-order valence-electron chi connectivity index (χ0n) is 10.4. The fourth-order valence-electron chi connectivity index (χ4n) is 1.65. The summed E-state index contributed by atoms with van der Waals surface area (Å²) in [6.07, 6.45) is 0. The Morgan fingerprint density at radius 2 is 1.84 bits per heavy atom. The van der Waals surface area contributed by atoms with Gasteiger partial charge in [-0.25, -0.2) is 0 Å². The fourth-order valence-corrected chi connectivity index (χ4v) is 2.72. The smallest absolute Gasteiger partial charge is 0.339 e. The molecule has 0 atom stereocenters. The van der Waals surface area contributed by atoms with Crippen molar-refractivity contribution in [2.45, 2.75) is 18.4 Å². The highest BCUT2D eigenvalue weighted by Crippen LogP contribution is 2.23. The molecule has 0 heterocycles. The molecular weight excluding hydrogens is 264 g/mol. The highest BCUT2D eigenvalue weighted by molar-refractivity contribution is 7.87. The zero-order valence-corrected chi connectivity index (χ0v) is 11.2. The summed E-state index contributed by atoms with van der Waals surface area (Å²) in [5.74, 6) is 0.145.